The van der Waals surface area contributed by atoms with Gasteiger partial charge in [0.05, 0.1) is 11.0 Å². The summed E-state index contributed by atoms with van der Waals surface area (Å²) in [5, 5.41) is 2.63. The van der Waals surface area contributed by atoms with Crippen molar-refractivity contribution in [3.8, 4) is 16.8 Å². The van der Waals surface area contributed by atoms with Crippen molar-refractivity contribution in [1.82, 2.24) is 4.57 Å². The van der Waals surface area contributed by atoms with E-state index in [1.165, 1.54) is 66.4 Å². The summed E-state index contributed by atoms with van der Waals surface area (Å²) < 4.78 is 2.43. The first-order valence-electron chi connectivity index (χ1n) is 10.9. The third kappa shape index (κ3) is 2.56. The maximum Gasteiger partial charge on any atom is 0.0543 e. The van der Waals surface area contributed by atoms with Crippen LogP contribution in [-0.4, -0.2) is 4.57 Å². The molecule has 150 valence electrons. The number of benzene rings is 4. The predicted molar refractivity (Wildman–Crippen MR) is 133 cm³/mol. The lowest BCUT2D eigenvalue weighted by molar-refractivity contribution is 1.17. The first-order chi connectivity index (χ1) is 15.0. The summed E-state index contributed by atoms with van der Waals surface area (Å²) in [6.07, 6.45) is 0.998. The number of nitrogens with zero attached hydrogens (tertiary/aromatic N) is 1. The van der Waals surface area contributed by atoms with Crippen LogP contribution in [0.4, 0.5) is 0 Å². The van der Waals surface area contributed by atoms with Gasteiger partial charge in [-0.2, -0.15) is 0 Å². The molecule has 1 aliphatic rings. The molecule has 0 amide bonds. The van der Waals surface area contributed by atoms with E-state index in [9.17, 15) is 0 Å². The van der Waals surface area contributed by atoms with Crippen LogP contribution in [0.25, 0.3) is 44.2 Å². The second-order valence-corrected chi connectivity index (χ2v) is 8.94. The van der Waals surface area contributed by atoms with Crippen LogP contribution in [0.1, 0.15) is 34.7 Å². The molecule has 5 aromatic rings. The lowest BCUT2D eigenvalue weighted by atomic mass is 9.95. The molecule has 0 N–H and O–H groups in total. The van der Waals surface area contributed by atoms with E-state index in [4.69, 9.17) is 0 Å². The van der Waals surface area contributed by atoms with Crippen molar-refractivity contribution in [2.24, 2.45) is 0 Å². The van der Waals surface area contributed by atoms with Gasteiger partial charge in [0.15, 0.2) is 0 Å². The lowest BCUT2D eigenvalue weighted by Gasteiger charge is -2.13. The Hall–Kier alpha value is -3.58. The van der Waals surface area contributed by atoms with Gasteiger partial charge >= 0.3 is 0 Å². The van der Waals surface area contributed by atoms with Crippen LogP contribution in [0.5, 0.6) is 0 Å². The lowest BCUT2D eigenvalue weighted by Crippen LogP contribution is -1.96. The molecule has 0 unspecified atom stereocenters. The minimum absolute atomic E-state index is 0.998. The van der Waals surface area contributed by atoms with Gasteiger partial charge in [0.1, 0.15) is 0 Å². The number of hydrogen-bond acceptors (Lipinski definition) is 0. The van der Waals surface area contributed by atoms with Crippen LogP contribution in [0.2, 0.25) is 0 Å². The van der Waals surface area contributed by atoms with Gasteiger partial charge in [0.2, 0.25) is 0 Å². The monoisotopic (exact) mass is 399 g/mol. The van der Waals surface area contributed by atoms with E-state index >= 15 is 0 Å². The van der Waals surface area contributed by atoms with E-state index in [-0.39, 0.29) is 0 Å². The van der Waals surface area contributed by atoms with Crippen molar-refractivity contribution in [3.63, 3.8) is 0 Å². The van der Waals surface area contributed by atoms with Crippen molar-refractivity contribution in [2.45, 2.75) is 27.2 Å². The topological polar surface area (TPSA) is 4.93 Å². The highest BCUT2D eigenvalue weighted by atomic mass is 15.0. The molecule has 4 aromatic carbocycles. The number of fused-ring (bicyclic) bond motifs is 6. The second kappa shape index (κ2) is 6.46. The molecule has 0 fully saturated rings. The Kier molecular flexibility index (Phi) is 3.79. The molecule has 1 heterocycles. The fourth-order valence-electron chi connectivity index (χ4n) is 5.22. The van der Waals surface area contributed by atoms with Gasteiger partial charge < -0.3 is 4.57 Å². The van der Waals surface area contributed by atoms with E-state index < -0.39 is 0 Å². The molecule has 0 atom stereocenters. The zero-order valence-corrected chi connectivity index (χ0v) is 18.3. The fourth-order valence-corrected chi connectivity index (χ4v) is 5.22. The number of allylic oxidation sites excluding steroid dienone is 1. The minimum atomic E-state index is 0.998. The highest BCUT2D eigenvalue weighted by molar-refractivity contribution is 6.09. The third-order valence-electron chi connectivity index (χ3n) is 6.90. The SMILES string of the molecule is C=C(C)c1cccc2c1-c1cc(-n3c4ccccc4c4cc(C)c(C)cc43)ccc1C2. The third-order valence-corrected chi connectivity index (χ3v) is 6.90. The van der Waals surface area contributed by atoms with Crippen molar-refractivity contribution >= 4 is 27.4 Å². The summed E-state index contributed by atoms with van der Waals surface area (Å²) in [5.41, 5.74) is 14.3. The number of aryl methyl sites for hydroxylation is 2. The Morgan fingerprint density at radius 2 is 1.58 bits per heavy atom. The summed E-state index contributed by atoms with van der Waals surface area (Å²) in [6, 6.07) is 27.0. The van der Waals surface area contributed by atoms with Gasteiger partial charge in [-0.3, -0.25) is 0 Å². The first kappa shape index (κ1) is 18.2. The highest BCUT2D eigenvalue weighted by Crippen LogP contribution is 2.43. The Balaban J connectivity index is 1.68. The number of aromatic nitrogens is 1. The van der Waals surface area contributed by atoms with Crippen LogP contribution < -0.4 is 0 Å². The van der Waals surface area contributed by atoms with E-state index in [0.29, 0.717) is 0 Å². The van der Waals surface area contributed by atoms with Crippen molar-refractivity contribution < 1.29 is 0 Å². The minimum Gasteiger partial charge on any atom is -0.309 e. The van der Waals surface area contributed by atoms with Crippen LogP contribution >= 0.6 is 0 Å². The molecule has 0 saturated carbocycles. The maximum atomic E-state index is 4.24. The van der Waals surface area contributed by atoms with Gasteiger partial charge in [-0.25, -0.2) is 0 Å². The summed E-state index contributed by atoms with van der Waals surface area (Å²) >= 11 is 0. The van der Waals surface area contributed by atoms with Crippen molar-refractivity contribution in [1.29, 1.82) is 0 Å². The molecule has 0 aliphatic heterocycles. The predicted octanol–water partition coefficient (Wildman–Crippen LogP) is 8.00. The number of hydrogen-bond donors (Lipinski definition) is 0. The number of rotatable bonds is 2. The Morgan fingerprint density at radius 3 is 2.42 bits per heavy atom. The quantitative estimate of drug-likeness (QED) is 0.278. The van der Waals surface area contributed by atoms with Crippen molar-refractivity contribution in [2.75, 3.05) is 0 Å². The molecule has 0 saturated heterocycles. The molecule has 6 rings (SSSR count). The molecule has 31 heavy (non-hydrogen) atoms. The molecule has 0 bridgehead atoms. The van der Waals surface area contributed by atoms with E-state index in [2.05, 4.69) is 105 Å². The normalized spacial score (nSPS) is 12.4. The molecule has 1 aromatic heterocycles. The van der Waals surface area contributed by atoms with Gasteiger partial charge in [-0.15, -0.1) is 0 Å². The highest BCUT2D eigenvalue weighted by Gasteiger charge is 2.23. The smallest absolute Gasteiger partial charge is 0.0543 e. The second-order valence-electron chi connectivity index (χ2n) is 8.94. The fraction of sp³-hybridized carbons (Fsp3) is 0.133. The summed E-state index contributed by atoms with van der Waals surface area (Å²) in [7, 11) is 0. The Morgan fingerprint density at radius 1 is 0.774 bits per heavy atom. The summed E-state index contributed by atoms with van der Waals surface area (Å²) in [4.78, 5) is 0. The summed E-state index contributed by atoms with van der Waals surface area (Å²) in [5.74, 6) is 0. The average Bonchev–Trinajstić information content (AvgIpc) is 3.29. The standard InChI is InChI=1S/C30H25N/c1-18(2)24-10-7-8-22-16-21-12-13-23(17-26(21)30(22)24)31-28-11-6-5-9-25(28)27-14-19(3)20(4)15-29(27)31/h5-15,17H,1,16H2,2-4H3. The first-order valence-corrected chi connectivity index (χ1v) is 10.9. The van der Waals surface area contributed by atoms with E-state index in [1.54, 1.807) is 0 Å². The average molecular weight is 400 g/mol. The van der Waals surface area contributed by atoms with E-state index in [1.807, 2.05) is 0 Å². The van der Waals surface area contributed by atoms with Crippen LogP contribution in [0, 0.1) is 13.8 Å². The van der Waals surface area contributed by atoms with Gasteiger partial charge in [-0.1, -0.05) is 54.6 Å². The molecule has 1 aliphatic carbocycles. The molecule has 1 heteroatoms. The Bertz CT molecular complexity index is 1540. The molecule has 0 radical (unpaired) electrons. The molecular formula is C30H25N. The molecule has 0 spiro atoms. The number of para-hydroxylation sites is 1. The zero-order valence-electron chi connectivity index (χ0n) is 18.3. The van der Waals surface area contributed by atoms with E-state index in [0.717, 1.165) is 12.0 Å². The van der Waals surface area contributed by atoms with Gasteiger partial charge in [0.25, 0.3) is 0 Å². The maximum absolute atomic E-state index is 4.24. The summed E-state index contributed by atoms with van der Waals surface area (Å²) in [6.45, 7) is 10.8. The van der Waals surface area contributed by atoms with Crippen LogP contribution in [0.15, 0.2) is 79.4 Å². The van der Waals surface area contributed by atoms with Crippen LogP contribution in [-0.2, 0) is 6.42 Å². The van der Waals surface area contributed by atoms with Gasteiger partial charge in [-0.05, 0) is 96.5 Å². The molecule has 1 nitrogen and oxygen atoms in total. The zero-order chi connectivity index (χ0) is 21.3. The van der Waals surface area contributed by atoms with Crippen molar-refractivity contribution in [3.05, 3.63) is 107 Å². The largest absolute Gasteiger partial charge is 0.309 e. The van der Waals surface area contributed by atoms with Crippen LogP contribution in [0.3, 0.4) is 0 Å². The molecular weight excluding hydrogens is 374 g/mol. The Labute approximate surface area is 183 Å². The van der Waals surface area contributed by atoms with Gasteiger partial charge in [0, 0.05) is 16.5 Å².